The molecule has 1 aromatic carbocycles. The molecular weight excluding hydrogens is 370 g/mol. The van der Waals surface area contributed by atoms with Gasteiger partial charge in [0.1, 0.15) is 0 Å². The van der Waals surface area contributed by atoms with E-state index >= 15 is 0 Å². The van der Waals surface area contributed by atoms with Crippen LogP contribution in [0.2, 0.25) is 5.02 Å². The van der Waals surface area contributed by atoms with Crippen LogP contribution in [0.25, 0.3) is 11.1 Å². The summed E-state index contributed by atoms with van der Waals surface area (Å²) in [5, 5.41) is 0.747. The highest BCUT2D eigenvalue weighted by molar-refractivity contribution is 6.30. The van der Waals surface area contributed by atoms with Crippen LogP contribution in [-0.2, 0) is 6.54 Å². The van der Waals surface area contributed by atoms with Crippen molar-refractivity contribution in [1.29, 1.82) is 0 Å². The van der Waals surface area contributed by atoms with Gasteiger partial charge in [-0.15, -0.1) is 0 Å². The van der Waals surface area contributed by atoms with E-state index in [0.717, 1.165) is 30.2 Å². The maximum atomic E-state index is 12.7. The molecule has 0 saturated carbocycles. The summed E-state index contributed by atoms with van der Waals surface area (Å²) in [5.74, 6) is 1.02. The number of nitrogens with zero attached hydrogens (tertiary/aromatic N) is 3. The van der Waals surface area contributed by atoms with Gasteiger partial charge >= 0.3 is 0 Å². The molecule has 0 N–H and O–H groups in total. The third-order valence-electron chi connectivity index (χ3n) is 6.98. The van der Waals surface area contributed by atoms with Crippen LogP contribution in [-0.4, -0.2) is 53.6 Å². The lowest BCUT2D eigenvalue weighted by molar-refractivity contribution is 0.0519. The number of likely N-dealkylation sites (tertiary alicyclic amines) is 2. The molecule has 4 heterocycles. The Morgan fingerprint density at radius 3 is 2.46 bits per heavy atom. The van der Waals surface area contributed by atoms with Crippen molar-refractivity contribution in [2.75, 3.05) is 33.2 Å². The molecule has 0 radical (unpaired) electrons. The summed E-state index contributed by atoms with van der Waals surface area (Å²) in [5.41, 5.74) is 3.74. The Morgan fingerprint density at radius 2 is 1.71 bits per heavy atom. The quantitative estimate of drug-likeness (QED) is 0.773. The molecule has 28 heavy (non-hydrogen) atoms. The second-order valence-corrected chi connectivity index (χ2v) is 9.31. The van der Waals surface area contributed by atoms with Crippen molar-refractivity contribution >= 4 is 11.6 Å². The summed E-state index contributed by atoms with van der Waals surface area (Å²) in [4.78, 5) is 17.8. The maximum Gasteiger partial charge on any atom is 0.250 e. The topological polar surface area (TPSA) is 28.5 Å². The molecule has 0 unspecified atom stereocenters. The van der Waals surface area contributed by atoms with Gasteiger partial charge in [-0.3, -0.25) is 9.69 Å². The fourth-order valence-corrected chi connectivity index (χ4v) is 5.71. The van der Waals surface area contributed by atoms with Crippen LogP contribution in [0.5, 0.6) is 0 Å². The van der Waals surface area contributed by atoms with Gasteiger partial charge < -0.3 is 9.47 Å². The summed E-state index contributed by atoms with van der Waals surface area (Å²) < 4.78 is 2.06. The molecule has 3 aliphatic heterocycles. The molecule has 0 amide bonds. The molecule has 5 heteroatoms. The van der Waals surface area contributed by atoms with Crippen LogP contribution in [0, 0.1) is 5.92 Å². The number of rotatable bonds is 2. The normalized spacial score (nSPS) is 26.2. The van der Waals surface area contributed by atoms with E-state index in [4.69, 9.17) is 11.6 Å². The van der Waals surface area contributed by atoms with Crippen LogP contribution in [0.15, 0.2) is 41.2 Å². The summed E-state index contributed by atoms with van der Waals surface area (Å²) >= 11 is 6.10. The molecule has 1 aromatic heterocycles. The van der Waals surface area contributed by atoms with E-state index in [9.17, 15) is 4.79 Å². The van der Waals surface area contributed by atoms with Crippen LogP contribution < -0.4 is 5.56 Å². The predicted octanol–water partition coefficient (Wildman–Crippen LogP) is 3.68. The number of benzene rings is 1. The molecule has 2 bridgehead atoms. The van der Waals surface area contributed by atoms with E-state index in [2.05, 4.69) is 33.5 Å². The maximum absolute atomic E-state index is 12.7. The highest BCUT2D eigenvalue weighted by atomic mass is 35.5. The van der Waals surface area contributed by atoms with E-state index in [1.807, 2.05) is 18.2 Å². The van der Waals surface area contributed by atoms with Gasteiger partial charge in [0.2, 0.25) is 0 Å². The van der Waals surface area contributed by atoms with Gasteiger partial charge in [0.25, 0.3) is 5.56 Å². The number of aromatic nitrogens is 1. The molecule has 2 fully saturated rings. The fraction of sp³-hybridized carbons (Fsp3) is 0.522. The van der Waals surface area contributed by atoms with Crippen molar-refractivity contribution < 1.29 is 0 Å². The minimum atomic E-state index is 0.148. The van der Waals surface area contributed by atoms with E-state index in [0.29, 0.717) is 17.9 Å². The number of fused-ring (bicyclic) bond motifs is 4. The number of pyridine rings is 1. The summed E-state index contributed by atoms with van der Waals surface area (Å²) in [6.45, 7) is 5.47. The minimum Gasteiger partial charge on any atom is -0.311 e. The predicted molar refractivity (Wildman–Crippen MR) is 114 cm³/mol. The molecule has 148 valence electrons. The van der Waals surface area contributed by atoms with E-state index in [1.165, 1.54) is 43.6 Å². The first-order valence-electron chi connectivity index (χ1n) is 10.5. The first kappa shape index (κ1) is 18.4. The van der Waals surface area contributed by atoms with Crippen LogP contribution in [0.3, 0.4) is 0 Å². The number of halogens is 1. The van der Waals surface area contributed by atoms with Crippen molar-refractivity contribution in [2.24, 2.45) is 5.92 Å². The molecule has 3 aliphatic rings. The third-order valence-corrected chi connectivity index (χ3v) is 7.23. The van der Waals surface area contributed by atoms with Crippen LogP contribution >= 0.6 is 11.6 Å². The Bertz CT molecular complexity index is 914. The second-order valence-electron chi connectivity index (χ2n) is 8.87. The molecule has 5 rings (SSSR count). The number of hydrogen-bond acceptors (Lipinski definition) is 3. The summed E-state index contributed by atoms with van der Waals surface area (Å²) in [7, 11) is 2.22. The first-order chi connectivity index (χ1) is 13.6. The lowest BCUT2D eigenvalue weighted by Crippen LogP contribution is -2.53. The summed E-state index contributed by atoms with van der Waals surface area (Å²) in [6, 6.07) is 12.5. The van der Waals surface area contributed by atoms with E-state index < -0.39 is 0 Å². The van der Waals surface area contributed by atoms with E-state index in [1.54, 1.807) is 6.07 Å². The lowest BCUT2D eigenvalue weighted by Gasteiger charge is -2.47. The zero-order valence-corrected chi connectivity index (χ0v) is 17.2. The van der Waals surface area contributed by atoms with Crippen molar-refractivity contribution in [3.63, 3.8) is 0 Å². The number of piperidine rings is 2. The molecule has 4 nitrogen and oxygen atoms in total. The first-order valence-corrected chi connectivity index (χ1v) is 10.9. The van der Waals surface area contributed by atoms with Crippen molar-refractivity contribution in [2.45, 2.75) is 37.8 Å². The zero-order valence-electron chi connectivity index (χ0n) is 16.5. The van der Waals surface area contributed by atoms with Crippen molar-refractivity contribution in [1.82, 2.24) is 14.4 Å². The number of hydrogen-bond donors (Lipinski definition) is 0. The van der Waals surface area contributed by atoms with Crippen LogP contribution in [0.1, 0.15) is 30.9 Å². The minimum absolute atomic E-state index is 0.148. The molecule has 2 aromatic rings. The Labute approximate surface area is 171 Å². The molecular formula is C23H28ClN3O. The highest BCUT2D eigenvalue weighted by Gasteiger charge is 2.38. The average molecular weight is 398 g/mol. The van der Waals surface area contributed by atoms with Crippen molar-refractivity contribution in [3.05, 3.63) is 57.5 Å². The van der Waals surface area contributed by atoms with Gasteiger partial charge in [-0.1, -0.05) is 23.7 Å². The second kappa shape index (κ2) is 7.33. The Morgan fingerprint density at radius 1 is 0.964 bits per heavy atom. The van der Waals surface area contributed by atoms with Gasteiger partial charge in [-0.2, -0.15) is 0 Å². The van der Waals surface area contributed by atoms with E-state index in [-0.39, 0.29) is 5.56 Å². The average Bonchev–Trinajstić information content (AvgIpc) is 2.70. The fourth-order valence-electron chi connectivity index (χ4n) is 5.58. The zero-order chi connectivity index (χ0) is 19.3. The Balaban J connectivity index is 1.50. The monoisotopic (exact) mass is 397 g/mol. The molecule has 2 saturated heterocycles. The molecule has 2 atom stereocenters. The van der Waals surface area contributed by atoms with Gasteiger partial charge in [0, 0.05) is 53.9 Å². The Kier molecular flexibility index (Phi) is 4.82. The largest absolute Gasteiger partial charge is 0.311 e. The van der Waals surface area contributed by atoms with Gasteiger partial charge in [-0.05, 0) is 69.1 Å². The molecule has 0 spiro atoms. The SMILES string of the molecule is CN1CCC(N2C[C@@H]3C[C@H](C2)c2c(-c4ccc(Cl)cc4)ccc(=O)n2C3)CC1. The smallest absolute Gasteiger partial charge is 0.250 e. The van der Waals surface area contributed by atoms with Crippen molar-refractivity contribution in [3.8, 4) is 11.1 Å². The van der Waals surface area contributed by atoms with Gasteiger partial charge in [0.05, 0.1) is 0 Å². The standard InChI is InChI=1S/C23H28ClN3O/c1-25-10-8-20(9-11-25)26-13-16-12-18(15-26)23-21(6-7-22(28)27(23)14-16)17-2-4-19(24)5-3-17/h2-7,16,18,20H,8-15H2,1H3/t16-,18+/m0/s1. The van der Waals surface area contributed by atoms with Crippen LogP contribution in [0.4, 0.5) is 0 Å². The molecule has 0 aliphatic carbocycles. The third kappa shape index (κ3) is 3.32. The lowest BCUT2D eigenvalue weighted by atomic mass is 9.79. The van der Waals surface area contributed by atoms with Gasteiger partial charge in [0.15, 0.2) is 0 Å². The highest BCUT2D eigenvalue weighted by Crippen LogP contribution is 2.41. The summed E-state index contributed by atoms with van der Waals surface area (Å²) in [6.07, 6.45) is 3.73. The van der Waals surface area contributed by atoms with Gasteiger partial charge in [-0.25, -0.2) is 0 Å². The Hall–Kier alpha value is -1.62.